The minimum Gasteiger partial charge on any atom is -0.333 e. The Morgan fingerprint density at radius 1 is 1.33 bits per heavy atom. The summed E-state index contributed by atoms with van der Waals surface area (Å²) in [6, 6.07) is 0.0979. The molecule has 0 bridgehead atoms. The molecule has 0 aliphatic carbocycles. The van der Waals surface area contributed by atoms with E-state index in [2.05, 4.69) is 21.4 Å². The first-order chi connectivity index (χ1) is 9.97. The Morgan fingerprint density at radius 3 is 2.52 bits per heavy atom. The smallest absolute Gasteiger partial charge is 0.211 e. The summed E-state index contributed by atoms with van der Waals surface area (Å²) in [6.45, 7) is 6.02. The van der Waals surface area contributed by atoms with Crippen molar-refractivity contribution in [2.45, 2.75) is 25.9 Å². The molecule has 1 aliphatic rings. The number of nitrogens with zero attached hydrogens (tertiary/aromatic N) is 4. The van der Waals surface area contributed by atoms with E-state index < -0.39 is 10.0 Å². The number of aryl methyl sites for hydroxylation is 1. The second kappa shape index (κ2) is 6.87. The van der Waals surface area contributed by atoms with E-state index in [9.17, 15) is 8.42 Å². The highest BCUT2D eigenvalue weighted by molar-refractivity contribution is 7.88. The van der Waals surface area contributed by atoms with Gasteiger partial charge >= 0.3 is 0 Å². The van der Waals surface area contributed by atoms with Gasteiger partial charge in [0, 0.05) is 45.5 Å². The van der Waals surface area contributed by atoms with Crippen LogP contribution < -0.4 is 5.73 Å². The highest BCUT2D eigenvalue weighted by atomic mass is 32.2. The molecule has 1 fully saturated rings. The minimum absolute atomic E-state index is 0.0979. The first-order valence-corrected chi connectivity index (χ1v) is 9.21. The molecule has 8 heteroatoms. The van der Waals surface area contributed by atoms with Crippen molar-refractivity contribution in [2.24, 2.45) is 5.73 Å². The molecule has 0 radical (unpaired) electrons. The predicted octanol–water partition coefficient (Wildman–Crippen LogP) is -0.130. The van der Waals surface area contributed by atoms with Gasteiger partial charge in [-0.1, -0.05) is 6.92 Å². The van der Waals surface area contributed by atoms with Crippen LogP contribution in [0.25, 0.3) is 0 Å². The van der Waals surface area contributed by atoms with Crippen LogP contribution in [0.5, 0.6) is 0 Å². The van der Waals surface area contributed by atoms with E-state index in [1.54, 1.807) is 0 Å². The number of rotatable bonds is 6. The van der Waals surface area contributed by atoms with Gasteiger partial charge in [0.15, 0.2) is 0 Å². The molecule has 0 amide bonds. The summed E-state index contributed by atoms with van der Waals surface area (Å²) in [5.41, 5.74) is 7.08. The van der Waals surface area contributed by atoms with Gasteiger partial charge in [-0.3, -0.25) is 4.90 Å². The molecule has 0 saturated carbocycles. The maximum atomic E-state index is 11.6. The van der Waals surface area contributed by atoms with Crippen molar-refractivity contribution in [3.63, 3.8) is 0 Å². The Balaban J connectivity index is 2.08. The molecule has 0 spiro atoms. The molecule has 2 heterocycles. The van der Waals surface area contributed by atoms with Gasteiger partial charge in [0.25, 0.3) is 0 Å². The summed E-state index contributed by atoms with van der Waals surface area (Å²) in [5.74, 6) is 0. The summed E-state index contributed by atoms with van der Waals surface area (Å²) in [5, 5.41) is 0. The van der Waals surface area contributed by atoms with Crippen LogP contribution in [0.3, 0.4) is 0 Å². The molecule has 1 unspecified atom stereocenters. The minimum atomic E-state index is -3.09. The van der Waals surface area contributed by atoms with Gasteiger partial charge in [0.05, 0.1) is 24.3 Å². The van der Waals surface area contributed by atoms with Crippen LogP contribution in [0, 0.1) is 0 Å². The van der Waals surface area contributed by atoms with Crippen molar-refractivity contribution in [2.75, 3.05) is 39.0 Å². The maximum Gasteiger partial charge on any atom is 0.211 e. The normalized spacial score (nSPS) is 19.8. The molecule has 1 saturated heterocycles. The predicted molar refractivity (Wildman–Crippen MR) is 82.3 cm³/mol. The average Bonchev–Trinajstić information content (AvgIpc) is 2.88. The zero-order valence-electron chi connectivity index (χ0n) is 12.8. The Bertz CT molecular complexity index is 549. The Morgan fingerprint density at radius 2 is 2.00 bits per heavy atom. The number of hydrogen-bond donors (Lipinski definition) is 1. The van der Waals surface area contributed by atoms with Gasteiger partial charge < -0.3 is 10.3 Å². The van der Waals surface area contributed by atoms with Crippen LogP contribution >= 0.6 is 0 Å². The number of nitrogens with two attached hydrogens (primary N) is 1. The van der Waals surface area contributed by atoms with E-state index >= 15 is 0 Å². The Hall–Kier alpha value is -0.960. The third-order valence-electron chi connectivity index (χ3n) is 3.96. The third kappa shape index (κ3) is 3.82. The zero-order valence-corrected chi connectivity index (χ0v) is 13.6. The Kier molecular flexibility index (Phi) is 5.37. The lowest BCUT2D eigenvalue weighted by molar-refractivity contribution is 0.136. The average molecular weight is 315 g/mol. The second-order valence-electron chi connectivity index (χ2n) is 5.46. The lowest BCUT2D eigenvalue weighted by atomic mass is 10.1. The fourth-order valence-electron chi connectivity index (χ4n) is 2.84. The Labute approximate surface area is 126 Å². The number of hydrogen-bond acceptors (Lipinski definition) is 5. The molecule has 2 rings (SSSR count). The van der Waals surface area contributed by atoms with Crippen LogP contribution in [-0.4, -0.2) is 66.2 Å². The zero-order chi connectivity index (χ0) is 15.5. The number of imidazole rings is 1. The second-order valence-corrected chi connectivity index (χ2v) is 7.44. The molecule has 7 nitrogen and oxygen atoms in total. The fourth-order valence-corrected chi connectivity index (χ4v) is 3.67. The van der Waals surface area contributed by atoms with E-state index in [1.807, 2.05) is 12.5 Å². The molecule has 1 aromatic rings. The summed E-state index contributed by atoms with van der Waals surface area (Å²) in [6.07, 6.45) is 6.02. The maximum absolute atomic E-state index is 11.6. The van der Waals surface area contributed by atoms with Gasteiger partial charge in [-0.15, -0.1) is 0 Å². The molecular formula is C13H25N5O2S. The van der Waals surface area contributed by atoms with Gasteiger partial charge in [0.2, 0.25) is 10.0 Å². The summed E-state index contributed by atoms with van der Waals surface area (Å²) in [7, 11) is -3.09. The largest absolute Gasteiger partial charge is 0.333 e. The topological polar surface area (TPSA) is 84.5 Å². The molecule has 1 atom stereocenters. The highest BCUT2D eigenvalue weighted by Crippen LogP contribution is 2.22. The van der Waals surface area contributed by atoms with Crippen molar-refractivity contribution < 1.29 is 8.42 Å². The van der Waals surface area contributed by atoms with E-state index in [1.165, 1.54) is 10.6 Å². The van der Waals surface area contributed by atoms with Crippen LogP contribution in [-0.2, 0) is 16.6 Å². The lowest BCUT2D eigenvalue weighted by Crippen LogP contribution is -2.50. The van der Waals surface area contributed by atoms with Crippen molar-refractivity contribution in [1.82, 2.24) is 18.8 Å². The van der Waals surface area contributed by atoms with Gasteiger partial charge in [-0.05, 0) is 6.42 Å². The quantitative estimate of drug-likeness (QED) is 0.790. The van der Waals surface area contributed by atoms with Gasteiger partial charge in [-0.25, -0.2) is 13.4 Å². The standard InChI is InChI=1S/C13H25N5O2S/c1-3-4-17-11-15-10-13(17)12(9-14)16-5-7-18(8-6-16)21(2,19)20/h10-12H,3-9,14H2,1-2H3. The van der Waals surface area contributed by atoms with Crippen molar-refractivity contribution in [1.29, 1.82) is 0 Å². The first kappa shape index (κ1) is 16.4. The molecule has 1 aliphatic heterocycles. The monoisotopic (exact) mass is 315 g/mol. The van der Waals surface area contributed by atoms with Gasteiger partial charge in [-0.2, -0.15) is 4.31 Å². The molecule has 21 heavy (non-hydrogen) atoms. The van der Waals surface area contributed by atoms with Crippen molar-refractivity contribution in [3.05, 3.63) is 18.2 Å². The first-order valence-electron chi connectivity index (χ1n) is 7.36. The summed E-state index contributed by atoms with van der Waals surface area (Å²) >= 11 is 0. The molecule has 0 aromatic carbocycles. The number of sulfonamides is 1. The van der Waals surface area contributed by atoms with Gasteiger partial charge in [0.1, 0.15) is 0 Å². The van der Waals surface area contributed by atoms with Crippen LogP contribution in [0.1, 0.15) is 25.1 Å². The van der Waals surface area contributed by atoms with E-state index in [-0.39, 0.29) is 6.04 Å². The molecule has 2 N–H and O–H groups in total. The van der Waals surface area contributed by atoms with Crippen molar-refractivity contribution in [3.8, 4) is 0 Å². The molecule has 1 aromatic heterocycles. The SMILES string of the molecule is CCCn1cncc1C(CN)N1CCN(S(C)(=O)=O)CC1. The van der Waals surface area contributed by atoms with E-state index in [4.69, 9.17) is 5.73 Å². The molecule has 120 valence electrons. The van der Waals surface area contributed by atoms with E-state index in [0.29, 0.717) is 32.7 Å². The fraction of sp³-hybridized carbons (Fsp3) is 0.769. The number of piperazine rings is 1. The number of aromatic nitrogens is 2. The summed E-state index contributed by atoms with van der Waals surface area (Å²) in [4.78, 5) is 6.49. The van der Waals surface area contributed by atoms with Crippen LogP contribution in [0.4, 0.5) is 0 Å². The lowest BCUT2D eigenvalue weighted by Gasteiger charge is -2.38. The molecular weight excluding hydrogens is 290 g/mol. The van der Waals surface area contributed by atoms with E-state index in [0.717, 1.165) is 18.7 Å². The summed E-state index contributed by atoms with van der Waals surface area (Å²) < 4.78 is 26.8. The highest BCUT2D eigenvalue weighted by Gasteiger charge is 2.29. The third-order valence-corrected chi connectivity index (χ3v) is 5.26. The van der Waals surface area contributed by atoms with Crippen LogP contribution in [0.15, 0.2) is 12.5 Å². The van der Waals surface area contributed by atoms with Crippen LogP contribution in [0.2, 0.25) is 0 Å². The van der Waals surface area contributed by atoms with Crippen molar-refractivity contribution >= 4 is 10.0 Å².